The van der Waals surface area contributed by atoms with E-state index in [4.69, 9.17) is 0 Å². The predicted molar refractivity (Wildman–Crippen MR) is 55.3 cm³/mol. The second-order valence-corrected chi connectivity index (χ2v) is 3.30. The van der Waals surface area contributed by atoms with E-state index in [-0.39, 0.29) is 0 Å². The zero-order chi connectivity index (χ0) is 10.1. The number of nitrogens with one attached hydrogen (secondary N) is 2. The Morgan fingerprint density at radius 2 is 2.21 bits per heavy atom. The van der Waals surface area contributed by atoms with Crippen LogP contribution in [-0.4, -0.2) is 16.6 Å². The Labute approximate surface area is 81.3 Å². The third-order valence-electron chi connectivity index (χ3n) is 2.27. The van der Waals surface area contributed by atoms with Crippen LogP contribution in [0.1, 0.15) is 11.3 Å². The number of fused-ring (bicyclic) bond motifs is 1. The van der Waals surface area contributed by atoms with Crippen LogP contribution in [0.4, 0.5) is 5.69 Å². The lowest BCUT2D eigenvalue weighted by atomic mass is 10.1. The normalized spacial score (nSPS) is 10.4. The summed E-state index contributed by atoms with van der Waals surface area (Å²) in [5, 5.41) is 10.8. The number of nitrogens with zero attached hydrogens (tertiary/aromatic N) is 1. The highest BCUT2D eigenvalue weighted by Gasteiger charge is 2.05. The first kappa shape index (κ1) is 8.74. The number of aryl methyl sites for hydroxylation is 2. The maximum Gasteiger partial charge on any atom is 0.211 e. The second kappa shape index (κ2) is 3.14. The molecule has 0 unspecified atom stereocenters. The molecular formula is C10H11N3O. The van der Waals surface area contributed by atoms with Gasteiger partial charge >= 0.3 is 0 Å². The van der Waals surface area contributed by atoms with Crippen LogP contribution in [-0.2, 0) is 4.79 Å². The maximum atomic E-state index is 10.3. The summed E-state index contributed by atoms with van der Waals surface area (Å²) in [7, 11) is 0. The second-order valence-electron chi connectivity index (χ2n) is 3.30. The van der Waals surface area contributed by atoms with Crippen LogP contribution in [0, 0.1) is 13.8 Å². The van der Waals surface area contributed by atoms with E-state index < -0.39 is 0 Å². The Morgan fingerprint density at radius 3 is 2.93 bits per heavy atom. The minimum atomic E-state index is 0.677. The quantitative estimate of drug-likeness (QED) is 0.707. The number of rotatable bonds is 2. The van der Waals surface area contributed by atoms with Crippen molar-refractivity contribution in [1.29, 1.82) is 0 Å². The average Bonchev–Trinajstić information content (AvgIpc) is 2.49. The van der Waals surface area contributed by atoms with E-state index in [1.165, 1.54) is 0 Å². The van der Waals surface area contributed by atoms with Crippen molar-refractivity contribution in [3.8, 4) is 0 Å². The first-order valence-electron chi connectivity index (χ1n) is 4.38. The maximum absolute atomic E-state index is 10.3. The highest BCUT2D eigenvalue weighted by Crippen LogP contribution is 2.23. The first-order valence-corrected chi connectivity index (χ1v) is 4.38. The zero-order valence-corrected chi connectivity index (χ0v) is 8.09. The molecule has 0 saturated carbocycles. The van der Waals surface area contributed by atoms with Gasteiger partial charge in [-0.1, -0.05) is 0 Å². The van der Waals surface area contributed by atoms with Gasteiger partial charge in [0.2, 0.25) is 6.41 Å². The fourth-order valence-corrected chi connectivity index (χ4v) is 1.57. The van der Waals surface area contributed by atoms with E-state index in [1.54, 1.807) is 0 Å². The lowest BCUT2D eigenvalue weighted by molar-refractivity contribution is -0.105. The van der Waals surface area contributed by atoms with Crippen molar-refractivity contribution in [2.24, 2.45) is 0 Å². The van der Waals surface area contributed by atoms with E-state index in [0.29, 0.717) is 6.41 Å². The molecule has 2 N–H and O–H groups in total. The number of benzene rings is 1. The van der Waals surface area contributed by atoms with Crippen molar-refractivity contribution in [2.75, 3.05) is 5.32 Å². The highest BCUT2D eigenvalue weighted by molar-refractivity contribution is 5.89. The molecule has 14 heavy (non-hydrogen) atoms. The zero-order valence-electron chi connectivity index (χ0n) is 8.09. The van der Waals surface area contributed by atoms with Gasteiger partial charge in [0.25, 0.3) is 0 Å². The molecule has 0 radical (unpaired) electrons. The third kappa shape index (κ3) is 1.25. The summed E-state index contributed by atoms with van der Waals surface area (Å²) < 4.78 is 0. The van der Waals surface area contributed by atoms with Crippen LogP contribution in [0.2, 0.25) is 0 Å². The van der Waals surface area contributed by atoms with Gasteiger partial charge < -0.3 is 5.32 Å². The number of hydrogen-bond donors (Lipinski definition) is 2. The van der Waals surface area contributed by atoms with Gasteiger partial charge in [-0.3, -0.25) is 9.89 Å². The predicted octanol–water partition coefficient (Wildman–Crippen LogP) is 1.75. The summed E-state index contributed by atoms with van der Waals surface area (Å²) in [6.07, 6.45) is 0.677. The van der Waals surface area contributed by atoms with E-state index in [1.807, 2.05) is 26.0 Å². The van der Waals surface area contributed by atoms with Gasteiger partial charge in [0.05, 0.1) is 5.52 Å². The summed E-state index contributed by atoms with van der Waals surface area (Å²) >= 11 is 0. The molecule has 0 aliphatic heterocycles. The van der Waals surface area contributed by atoms with Crippen molar-refractivity contribution >= 4 is 23.0 Å². The fraction of sp³-hybridized carbons (Fsp3) is 0.200. The Hall–Kier alpha value is -1.84. The summed E-state index contributed by atoms with van der Waals surface area (Å²) in [6.45, 7) is 3.93. The van der Waals surface area contributed by atoms with Gasteiger partial charge in [-0.05, 0) is 31.5 Å². The molecule has 2 rings (SSSR count). The van der Waals surface area contributed by atoms with Crippen LogP contribution < -0.4 is 5.32 Å². The Morgan fingerprint density at radius 1 is 1.43 bits per heavy atom. The van der Waals surface area contributed by atoms with Crippen LogP contribution in [0.3, 0.4) is 0 Å². The van der Waals surface area contributed by atoms with E-state index in [9.17, 15) is 4.79 Å². The fourth-order valence-electron chi connectivity index (χ4n) is 1.57. The average molecular weight is 189 g/mol. The van der Waals surface area contributed by atoms with E-state index >= 15 is 0 Å². The van der Waals surface area contributed by atoms with Gasteiger partial charge in [0.1, 0.15) is 0 Å². The number of H-pyrrole nitrogens is 1. The lowest BCUT2D eigenvalue weighted by Crippen LogP contribution is -1.94. The summed E-state index contributed by atoms with van der Waals surface area (Å²) in [5.74, 6) is 0. The molecule has 72 valence electrons. The summed E-state index contributed by atoms with van der Waals surface area (Å²) in [4.78, 5) is 10.3. The number of carbonyl (C=O) groups is 1. The molecule has 0 aliphatic rings. The van der Waals surface area contributed by atoms with Crippen LogP contribution >= 0.6 is 0 Å². The number of aromatic nitrogens is 2. The third-order valence-corrected chi connectivity index (χ3v) is 2.27. The molecule has 1 heterocycles. The number of carbonyl (C=O) groups excluding carboxylic acids is 1. The van der Waals surface area contributed by atoms with Gasteiger partial charge in [-0.15, -0.1) is 0 Å². The van der Waals surface area contributed by atoms with E-state index in [2.05, 4.69) is 15.5 Å². The molecule has 4 heteroatoms. The van der Waals surface area contributed by atoms with Crippen LogP contribution in [0.5, 0.6) is 0 Å². The number of aromatic amines is 1. The molecule has 4 nitrogen and oxygen atoms in total. The molecule has 0 saturated heterocycles. The molecule has 1 amide bonds. The first-order chi connectivity index (χ1) is 6.72. The number of amides is 1. The van der Waals surface area contributed by atoms with Gasteiger partial charge in [-0.2, -0.15) is 5.10 Å². The standard InChI is InChI=1S/C10H11N3O/c1-6-3-8(11-5-14)4-9-7(2)12-13-10(6)9/h3-5H,1-2H3,(H,11,14)(H,12,13). The topological polar surface area (TPSA) is 57.8 Å². The summed E-state index contributed by atoms with van der Waals surface area (Å²) in [6, 6.07) is 3.81. The molecule has 0 atom stereocenters. The van der Waals surface area contributed by atoms with Gasteiger partial charge in [0.15, 0.2) is 0 Å². The lowest BCUT2D eigenvalue weighted by Gasteiger charge is -2.01. The minimum absolute atomic E-state index is 0.677. The van der Waals surface area contributed by atoms with Crippen LogP contribution in [0.15, 0.2) is 12.1 Å². The molecule has 2 aromatic rings. The molecule has 0 bridgehead atoms. The van der Waals surface area contributed by atoms with Gasteiger partial charge in [0, 0.05) is 16.8 Å². The molecule has 0 fully saturated rings. The van der Waals surface area contributed by atoms with Crippen molar-refractivity contribution in [3.05, 3.63) is 23.4 Å². The molecule has 1 aromatic carbocycles. The Bertz CT molecular complexity index is 487. The number of anilines is 1. The minimum Gasteiger partial charge on any atom is -0.329 e. The SMILES string of the molecule is Cc1[nH]nc2c(C)cc(NC=O)cc12. The molecular weight excluding hydrogens is 178 g/mol. The summed E-state index contributed by atoms with van der Waals surface area (Å²) in [5.41, 5.74) is 3.82. The van der Waals surface area contributed by atoms with E-state index in [0.717, 1.165) is 27.8 Å². The molecule has 1 aromatic heterocycles. The number of hydrogen-bond acceptors (Lipinski definition) is 2. The van der Waals surface area contributed by atoms with Crippen molar-refractivity contribution in [2.45, 2.75) is 13.8 Å². The molecule has 0 spiro atoms. The van der Waals surface area contributed by atoms with Crippen LogP contribution in [0.25, 0.3) is 10.9 Å². The highest BCUT2D eigenvalue weighted by atomic mass is 16.1. The monoisotopic (exact) mass is 189 g/mol. The molecule has 0 aliphatic carbocycles. The van der Waals surface area contributed by atoms with Crippen molar-refractivity contribution < 1.29 is 4.79 Å². The van der Waals surface area contributed by atoms with Crippen molar-refractivity contribution in [3.63, 3.8) is 0 Å². The Kier molecular flexibility index (Phi) is 1.96. The Balaban J connectivity index is 2.68. The van der Waals surface area contributed by atoms with Crippen molar-refractivity contribution in [1.82, 2.24) is 10.2 Å². The van der Waals surface area contributed by atoms with Gasteiger partial charge in [-0.25, -0.2) is 0 Å². The largest absolute Gasteiger partial charge is 0.329 e. The smallest absolute Gasteiger partial charge is 0.211 e.